The number of nitrogens with one attached hydrogen (secondary N) is 1. The number of carbonyl (C=O) groups is 1. The van der Waals surface area contributed by atoms with Gasteiger partial charge < -0.3 is 9.88 Å². The first-order valence-electron chi connectivity index (χ1n) is 10.4. The van der Waals surface area contributed by atoms with Crippen LogP contribution in [0.5, 0.6) is 0 Å². The van der Waals surface area contributed by atoms with Gasteiger partial charge in [0.25, 0.3) is 11.5 Å². The van der Waals surface area contributed by atoms with Gasteiger partial charge in [0, 0.05) is 18.4 Å². The lowest BCUT2D eigenvalue weighted by molar-refractivity contribution is 0.0725. The predicted molar refractivity (Wildman–Crippen MR) is 127 cm³/mol. The van der Waals surface area contributed by atoms with Gasteiger partial charge in [-0.05, 0) is 35.4 Å². The van der Waals surface area contributed by atoms with Crippen molar-refractivity contribution < 1.29 is 13.2 Å². The summed E-state index contributed by atoms with van der Waals surface area (Å²) in [5.74, 6) is -0.0629. The van der Waals surface area contributed by atoms with Crippen LogP contribution in [0.15, 0.2) is 83.7 Å². The normalized spacial score (nSPS) is 11.4. The molecule has 0 bridgehead atoms. The van der Waals surface area contributed by atoms with Gasteiger partial charge in [0.1, 0.15) is 5.82 Å². The number of rotatable bonds is 7. The molecule has 0 aliphatic rings. The maximum Gasteiger partial charge on any atom is 0.258 e. The molecule has 0 unspecified atom stereocenters. The average molecular weight is 462 g/mol. The number of sulfone groups is 1. The first-order valence-corrected chi connectivity index (χ1v) is 12.4. The number of aromatic nitrogens is 2. The van der Waals surface area contributed by atoms with Crippen molar-refractivity contribution in [2.75, 3.05) is 6.26 Å². The minimum atomic E-state index is -3.24. The van der Waals surface area contributed by atoms with Gasteiger partial charge in [0.15, 0.2) is 9.84 Å². The highest BCUT2D eigenvalue weighted by Crippen LogP contribution is 2.16. The predicted octanol–water partition coefficient (Wildman–Crippen LogP) is 3.31. The molecular weight excluding hydrogens is 438 g/mol. The summed E-state index contributed by atoms with van der Waals surface area (Å²) in [4.78, 5) is 34.9. The lowest BCUT2D eigenvalue weighted by Gasteiger charge is -2.23. The fourth-order valence-corrected chi connectivity index (χ4v) is 4.46. The van der Waals surface area contributed by atoms with E-state index in [1.165, 1.54) is 0 Å². The summed E-state index contributed by atoms with van der Waals surface area (Å²) < 4.78 is 23.4. The molecule has 1 N–H and O–H groups in total. The number of carbonyl (C=O) groups excluding carboxylic acids is 1. The van der Waals surface area contributed by atoms with Crippen LogP contribution in [0.2, 0.25) is 0 Å². The van der Waals surface area contributed by atoms with E-state index < -0.39 is 9.84 Å². The molecular formula is C25H23N3O4S. The molecule has 0 aliphatic heterocycles. The van der Waals surface area contributed by atoms with Gasteiger partial charge in [0.2, 0.25) is 0 Å². The van der Waals surface area contributed by atoms with E-state index in [4.69, 9.17) is 0 Å². The second-order valence-electron chi connectivity index (χ2n) is 7.95. The number of benzene rings is 3. The number of fused-ring (bicyclic) bond motifs is 1. The van der Waals surface area contributed by atoms with Crippen LogP contribution in [0.25, 0.3) is 10.9 Å². The van der Waals surface area contributed by atoms with Crippen LogP contribution >= 0.6 is 0 Å². The Kier molecular flexibility index (Phi) is 6.37. The maximum atomic E-state index is 13.5. The van der Waals surface area contributed by atoms with Gasteiger partial charge in [-0.15, -0.1) is 0 Å². The first-order chi connectivity index (χ1) is 15.8. The number of nitrogens with zero attached hydrogens (tertiary/aromatic N) is 2. The Morgan fingerprint density at radius 1 is 0.909 bits per heavy atom. The van der Waals surface area contributed by atoms with Crippen molar-refractivity contribution in [3.05, 3.63) is 112 Å². The standard InChI is InChI=1S/C25H23N3O4S/c1-33(31,32)17-19-10-7-11-20(14-19)25(30)28(15-18-8-3-2-4-9-18)16-23-26-22-13-6-5-12-21(22)24(29)27-23/h2-14H,15-17H2,1H3,(H,26,27,29). The van der Waals surface area contributed by atoms with Gasteiger partial charge >= 0.3 is 0 Å². The Labute approximate surface area is 191 Å². The Hall–Kier alpha value is -3.78. The second-order valence-corrected chi connectivity index (χ2v) is 10.1. The van der Waals surface area contributed by atoms with Crippen molar-refractivity contribution in [3.63, 3.8) is 0 Å². The molecule has 7 nitrogen and oxygen atoms in total. The maximum absolute atomic E-state index is 13.5. The summed E-state index contributed by atoms with van der Waals surface area (Å²) in [7, 11) is -3.24. The van der Waals surface area contributed by atoms with E-state index in [2.05, 4.69) is 9.97 Å². The fraction of sp³-hybridized carbons (Fsp3) is 0.160. The molecule has 0 radical (unpaired) electrons. The Balaban J connectivity index is 1.69. The second kappa shape index (κ2) is 9.38. The summed E-state index contributed by atoms with van der Waals surface area (Å²) in [5, 5.41) is 0.482. The Bertz CT molecular complexity index is 1460. The van der Waals surface area contributed by atoms with Crippen molar-refractivity contribution in [2.24, 2.45) is 0 Å². The van der Waals surface area contributed by atoms with Gasteiger partial charge in [-0.1, -0.05) is 54.6 Å². The van der Waals surface area contributed by atoms with Crippen LogP contribution in [-0.4, -0.2) is 35.4 Å². The minimum Gasteiger partial charge on any atom is -0.327 e. The Morgan fingerprint density at radius 3 is 2.36 bits per heavy atom. The molecule has 0 spiro atoms. The van der Waals surface area contributed by atoms with Crippen LogP contribution in [-0.2, 0) is 28.7 Å². The third-order valence-corrected chi connectivity index (χ3v) is 5.97. The SMILES string of the molecule is CS(=O)(=O)Cc1cccc(C(=O)N(Cc2ccccc2)Cc2nc3ccccc3c(=O)[nH]2)c1. The average Bonchev–Trinajstić information content (AvgIpc) is 2.78. The zero-order valence-electron chi connectivity index (χ0n) is 18.1. The van der Waals surface area contributed by atoms with E-state index in [0.717, 1.165) is 11.8 Å². The molecule has 1 heterocycles. The summed E-state index contributed by atoms with van der Waals surface area (Å²) in [6.07, 6.45) is 1.16. The van der Waals surface area contributed by atoms with Crippen LogP contribution in [0.1, 0.15) is 27.3 Å². The van der Waals surface area contributed by atoms with Crippen molar-refractivity contribution in [3.8, 4) is 0 Å². The van der Waals surface area contributed by atoms with Crippen molar-refractivity contribution in [1.29, 1.82) is 0 Å². The third kappa shape index (κ3) is 5.72. The molecule has 33 heavy (non-hydrogen) atoms. The van der Waals surface area contributed by atoms with E-state index >= 15 is 0 Å². The molecule has 0 aliphatic carbocycles. The quantitative estimate of drug-likeness (QED) is 0.455. The molecule has 0 saturated heterocycles. The van der Waals surface area contributed by atoms with Crippen LogP contribution in [0.4, 0.5) is 0 Å². The van der Waals surface area contributed by atoms with Gasteiger partial charge in [-0.25, -0.2) is 13.4 Å². The van der Waals surface area contributed by atoms with Gasteiger partial charge in [-0.2, -0.15) is 0 Å². The highest BCUT2D eigenvalue weighted by Gasteiger charge is 2.19. The van der Waals surface area contributed by atoms with E-state index in [0.29, 0.717) is 34.4 Å². The van der Waals surface area contributed by atoms with E-state index in [1.807, 2.05) is 30.3 Å². The van der Waals surface area contributed by atoms with E-state index in [-0.39, 0.29) is 23.8 Å². The van der Waals surface area contributed by atoms with E-state index in [9.17, 15) is 18.0 Å². The highest BCUT2D eigenvalue weighted by atomic mass is 32.2. The minimum absolute atomic E-state index is 0.0874. The van der Waals surface area contributed by atoms with Crippen molar-refractivity contribution in [2.45, 2.75) is 18.8 Å². The summed E-state index contributed by atoms with van der Waals surface area (Å²) in [6, 6.07) is 23.1. The van der Waals surface area contributed by atoms with Crippen LogP contribution in [0, 0.1) is 0 Å². The summed E-state index contributed by atoms with van der Waals surface area (Å²) >= 11 is 0. The zero-order chi connectivity index (χ0) is 23.4. The molecule has 3 aromatic carbocycles. The first kappa shape index (κ1) is 22.4. The zero-order valence-corrected chi connectivity index (χ0v) is 18.9. The van der Waals surface area contributed by atoms with Crippen LogP contribution in [0.3, 0.4) is 0 Å². The smallest absolute Gasteiger partial charge is 0.258 e. The monoisotopic (exact) mass is 461 g/mol. The number of amides is 1. The number of H-pyrrole nitrogens is 1. The highest BCUT2D eigenvalue weighted by molar-refractivity contribution is 7.89. The molecule has 4 rings (SSSR count). The lowest BCUT2D eigenvalue weighted by atomic mass is 10.1. The molecule has 0 saturated carbocycles. The number of hydrogen-bond acceptors (Lipinski definition) is 5. The molecule has 1 aromatic heterocycles. The van der Waals surface area contributed by atoms with Crippen LogP contribution < -0.4 is 5.56 Å². The van der Waals surface area contributed by atoms with Gasteiger partial charge in [-0.3, -0.25) is 9.59 Å². The summed E-state index contributed by atoms with van der Waals surface area (Å²) in [5.41, 5.74) is 2.12. The fourth-order valence-electron chi connectivity index (χ4n) is 3.67. The van der Waals surface area contributed by atoms with Crippen molar-refractivity contribution in [1.82, 2.24) is 14.9 Å². The molecule has 4 aromatic rings. The topological polar surface area (TPSA) is 100 Å². The van der Waals surface area contributed by atoms with Crippen molar-refractivity contribution >= 4 is 26.6 Å². The molecule has 168 valence electrons. The number of aromatic amines is 1. The number of hydrogen-bond donors (Lipinski definition) is 1. The number of para-hydroxylation sites is 1. The molecule has 0 atom stereocenters. The molecule has 1 amide bonds. The molecule has 8 heteroatoms. The summed E-state index contributed by atoms with van der Waals surface area (Å²) in [6.45, 7) is 0.386. The lowest BCUT2D eigenvalue weighted by Crippen LogP contribution is -2.32. The third-order valence-electron chi connectivity index (χ3n) is 5.11. The van der Waals surface area contributed by atoms with Gasteiger partial charge in [0.05, 0.1) is 23.2 Å². The Morgan fingerprint density at radius 2 is 1.61 bits per heavy atom. The molecule has 0 fully saturated rings. The largest absolute Gasteiger partial charge is 0.327 e. The van der Waals surface area contributed by atoms with E-state index in [1.54, 1.807) is 53.4 Å².